The highest BCUT2D eigenvalue weighted by atomic mass is 32.2. The number of nitrogens with one attached hydrogen (secondary N) is 1. The molecule has 0 radical (unpaired) electrons. The second kappa shape index (κ2) is 8.21. The van der Waals surface area contributed by atoms with Crippen molar-refractivity contribution >= 4 is 17.7 Å². The van der Waals surface area contributed by atoms with Crippen molar-refractivity contribution in [3.63, 3.8) is 0 Å². The van der Waals surface area contributed by atoms with Crippen molar-refractivity contribution in [3.05, 3.63) is 35.2 Å². The zero-order valence-electron chi connectivity index (χ0n) is 16.2. The number of aryl methyl sites for hydroxylation is 1. The van der Waals surface area contributed by atoms with Crippen LogP contribution in [0.4, 0.5) is 0 Å². The van der Waals surface area contributed by atoms with Crippen LogP contribution in [-0.4, -0.2) is 32.1 Å². The third-order valence-corrected chi connectivity index (χ3v) is 5.51. The Hall–Kier alpha value is -2.22. The Morgan fingerprint density at radius 2 is 2.11 bits per heavy atom. The summed E-state index contributed by atoms with van der Waals surface area (Å²) in [7, 11) is 0. The molecule has 1 amide bonds. The van der Waals surface area contributed by atoms with Gasteiger partial charge in [-0.1, -0.05) is 37.7 Å². The number of hydrogen-bond acceptors (Lipinski definition) is 6. The van der Waals surface area contributed by atoms with E-state index in [0.717, 1.165) is 29.7 Å². The van der Waals surface area contributed by atoms with Crippen LogP contribution in [0.5, 0.6) is 5.75 Å². The number of rotatable bonds is 8. The summed E-state index contributed by atoms with van der Waals surface area (Å²) in [6.07, 6.45) is 2.13. The summed E-state index contributed by atoms with van der Waals surface area (Å²) >= 11 is 1.30. The highest BCUT2D eigenvalue weighted by Gasteiger charge is 2.27. The summed E-state index contributed by atoms with van der Waals surface area (Å²) in [5, 5.41) is 11.4. The van der Waals surface area contributed by atoms with Gasteiger partial charge in [-0.3, -0.25) is 4.79 Å². The van der Waals surface area contributed by atoms with Crippen LogP contribution in [0.15, 0.2) is 23.4 Å². The molecule has 1 aliphatic rings. The van der Waals surface area contributed by atoms with E-state index in [-0.39, 0.29) is 17.8 Å². The Bertz CT molecular complexity index is 816. The van der Waals surface area contributed by atoms with Gasteiger partial charge in [0.1, 0.15) is 12.4 Å². The number of hydrogen-bond donors (Lipinski definition) is 2. The molecule has 1 aliphatic carbocycles. The van der Waals surface area contributed by atoms with Gasteiger partial charge in [0.2, 0.25) is 11.1 Å². The van der Waals surface area contributed by atoms with E-state index in [1.165, 1.54) is 16.4 Å². The Balaban J connectivity index is 1.64. The monoisotopic (exact) mass is 389 g/mol. The molecule has 3 rings (SSSR count). The van der Waals surface area contributed by atoms with E-state index in [9.17, 15) is 4.79 Å². The van der Waals surface area contributed by atoms with Gasteiger partial charge in [-0.15, -0.1) is 10.2 Å². The number of nitrogens with two attached hydrogens (primary N) is 1. The average Bonchev–Trinajstić information content (AvgIpc) is 3.37. The van der Waals surface area contributed by atoms with E-state index in [2.05, 4.69) is 41.5 Å². The quantitative estimate of drug-likeness (QED) is 0.532. The van der Waals surface area contributed by atoms with Crippen molar-refractivity contribution < 1.29 is 9.53 Å². The van der Waals surface area contributed by atoms with Crippen molar-refractivity contribution in [1.29, 1.82) is 0 Å². The lowest BCUT2D eigenvalue weighted by Gasteiger charge is -2.15. The average molecular weight is 390 g/mol. The number of nitrogen functional groups attached to an aromatic ring is 1. The molecule has 27 heavy (non-hydrogen) atoms. The maximum atomic E-state index is 12.1. The molecule has 0 aliphatic heterocycles. The van der Waals surface area contributed by atoms with Crippen LogP contribution in [0.3, 0.4) is 0 Å². The zero-order valence-corrected chi connectivity index (χ0v) is 17.0. The Kier molecular flexibility index (Phi) is 5.94. The molecule has 8 heteroatoms. The molecule has 1 saturated carbocycles. The van der Waals surface area contributed by atoms with E-state index in [1.807, 2.05) is 19.9 Å². The van der Waals surface area contributed by atoms with Crippen LogP contribution in [0, 0.1) is 6.92 Å². The van der Waals surface area contributed by atoms with E-state index in [1.54, 1.807) is 0 Å². The van der Waals surface area contributed by atoms with Gasteiger partial charge in [0.05, 0.1) is 5.25 Å². The van der Waals surface area contributed by atoms with Gasteiger partial charge in [-0.25, -0.2) is 4.68 Å². The standard InChI is InChI=1S/C19H27N5O2S/c1-11(2)15-8-5-12(3)9-16(15)26-10-17-22-23-19(24(17)20)27-13(4)18(25)21-14-6-7-14/h5,8-9,11,13-14H,6-7,10,20H2,1-4H3,(H,21,25)/t13-/m1/s1. The van der Waals surface area contributed by atoms with Gasteiger partial charge in [0.25, 0.3) is 0 Å². The van der Waals surface area contributed by atoms with Crippen LogP contribution in [0.1, 0.15) is 56.5 Å². The lowest BCUT2D eigenvalue weighted by Crippen LogP contribution is -2.32. The summed E-state index contributed by atoms with van der Waals surface area (Å²) < 4.78 is 7.38. The summed E-state index contributed by atoms with van der Waals surface area (Å²) in [6, 6.07) is 6.53. The first kappa shape index (κ1) is 19.5. The minimum Gasteiger partial charge on any atom is -0.485 e. The van der Waals surface area contributed by atoms with Gasteiger partial charge in [-0.2, -0.15) is 0 Å². The van der Waals surface area contributed by atoms with Crippen molar-refractivity contribution in [3.8, 4) is 5.75 Å². The Morgan fingerprint density at radius 3 is 2.78 bits per heavy atom. The second-order valence-corrected chi connectivity index (χ2v) is 8.60. The number of thioether (sulfide) groups is 1. The van der Waals surface area contributed by atoms with Crippen molar-refractivity contribution in [2.24, 2.45) is 0 Å². The topological polar surface area (TPSA) is 95.1 Å². The molecule has 0 saturated heterocycles. The maximum absolute atomic E-state index is 12.1. The number of nitrogens with zero attached hydrogens (tertiary/aromatic N) is 3. The van der Waals surface area contributed by atoms with Crippen LogP contribution in [-0.2, 0) is 11.4 Å². The number of carbonyl (C=O) groups excluding carboxylic acids is 1. The van der Waals surface area contributed by atoms with E-state index in [4.69, 9.17) is 10.6 Å². The smallest absolute Gasteiger partial charge is 0.233 e. The molecular weight excluding hydrogens is 362 g/mol. The Labute approximate surface area is 164 Å². The van der Waals surface area contributed by atoms with Gasteiger partial charge < -0.3 is 15.9 Å². The second-order valence-electron chi connectivity index (χ2n) is 7.30. The predicted molar refractivity (Wildman–Crippen MR) is 106 cm³/mol. The molecule has 1 aromatic heterocycles. The molecule has 2 aromatic rings. The summed E-state index contributed by atoms with van der Waals surface area (Å²) in [6.45, 7) is 8.35. The fraction of sp³-hybridized carbons (Fsp3) is 0.526. The maximum Gasteiger partial charge on any atom is 0.233 e. The highest BCUT2D eigenvalue weighted by molar-refractivity contribution is 8.00. The lowest BCUT2D eigenvalue weighted by atomic mass is 10.0. The zero-order chi connectivity index (χ0) is 19.6. The molecule has 1 fully saturated rings. The van der Waals surface area contributed by atoms with E-state index < -0.39 is 0 Å². The molecule has 0 unspecified atom stereocenters. The van der Waals surface area contributed by atoms with Crippen LogP contribution in [0.2, 0.25) is 0 Å². The fourth-order valence-corrected chi connectivity index (χ4v) is 3.43. The molecule has 1 aromatic carbocycles. The summed E-state index contributed by atoms with van der Waals surface area (Å²) in [5.41, 5.74) is 2.28. The Morgan fingerprint density at radius 1 is 1.37 bits per heavy atom. The molecule has 0 spiro atoms. The summed E-state index contributed by atoms with van der Waals surface area (Å²) in [5.74, 6) is 7.83. The summed E-state index contributed by atoms with van der Waals surface area (Å²) in [4.78, 5) is 12.1. The first-order valence-electron chi connectivity index (χ1n) is 9.25. The molecular formula is C19H27N5O2S. The number of benzene rings is 1. The fourth-order valence-electron chi connectivity index (χ4n) is 2.63. The van der Waals surface area contributed by atoms with Crippen molar-refractivity contribution in [1.82, 2.24) is 20.2 Å². The van der Waals surface area contributed by atoms with Crippen LogP contribution >= 0.6 is 11.8 Å². The molecule has 1 atom stereocenters. The van der Waals surface area contributed by atoms with Crippen molar-refractivity contribution in [2.45, 2.75) is 69.5 Å². The molecule has 3 N–H and O–H groups in total. The SMILES string of the molecule is Cc1ccc(C(C)C)c(OCc2nnc(S[C@H](C)C(=O)NC3CC3)n2N)c1. The first-order chi connectivity index (χ1) is 12.8. The number of aromatic nitrogens is 3. The minimum atomic E-state index is -0.282. The van der Waals surface area contributed by atoms with Gasteiger partial charge >= 0.3 is 0 Å². The van der Waals surface area contributed by atoms with Crippen LogP contribution < -0.4 is 15.9 Å². The molecule has 7 nitrogen and oxygen atoms in total. The largest absolute Gasteiger partial charge is 0.485 e. The molecule has 146 valence electrons. The lowest BCUT2D eigenvalue weighted by molar-refractivity contribution is -0.120. The normalized spacial score (nSPS) is 15.0. The van der Waals surface area contributed by atoms with Crippen LogP contribution in [0.25, 0.3) is 0 Å². The number of amides is 1. The van der Waals surface area contributed by atoms with E-state index >= 15 is 0 Å². The van der Waals surface area contributed by atoms with Gasteiger partial charge in [0, 0.05) is 6.04 Å². The number of carbonyl (C=O) groups is 1. The van der Waals surface area contributed by atoms with Gasteiger partial charge in [0.15, 0.2) is 5.82 Å². The number of ether oxygens (including phenoxy) is 1. The minimum absolute atomic E-state index is 0.00429. The van der Waals surface area contributed by atoms with Crippen molar-refractivity contribution in [2.75, 3.05) is 5.84 Å². The van der Waals surface area contributed by atoms with E-state index in [0.29, 0.717) is 22.9 Å². The highest BCUT2D eigenvalue weighted by Crippen LogP contribution is 2.28. The molecule has 1 heterocycles. The predicted octanol–water partition coefficient (Wildman–Crippen LogP) is 2.76. The first-order valence-corrected chi connectivity index (χ1v) is 10.1. The third kappa shape index (κ3) is 4.94. The molecule has 0 bridgehead atoms. The van der Waals surface area contributed by atoms with Gasteiger partial charge in [-0.05, 0) is 49.8 Å². The third-order valence-electron chi connectivity index (χ3n) is 4.46.